The number of fused-ring (bicyclic) bond motifs is 1. The molecule has 1 aromatic carbocycles. The van der Waals surface area contributed by atoms with E-state index in [0.717, 1.165) is 23.3 Å². The van der Waals surface area contributed by atoms with Gasteiger partial charge in [-0.15, -0.1) is 0 Å². The Morgan fingerprint density at radius 1 is 1.53 bits per heavy atom. The van der Waals surface area contributed by atoms with Gasteiger partial charge in [0, 0.05) is 5.92 Å². The van der Waals surface area contributed by atoms with Crippen molar-refractivity contribution < 1.29 is 0 Å². The van der Waals surface area contributed by atoms with Gasteiger partial charge >= 0.3 is 0 Å². The number of rotatable bonds is 2. The van der Waals surface area contributed by atoms with Crippen LogP contribution >= 0.6 is 0 Å². The number of H-pyrrole nitrogens is 1. The lowest BCUT2D eigenvalue weighted by Crippen LogP contribution is -1.92. The van der Waals surface area contributed by atoms with Crippen molar-refractivity contribution in [2.75, 3.05) is 0 Å². The summed E-state index contributed by atoms with van der Waals surface area (Å²) < 4.78 is 0. The van der Waals surface area contributed by atoms with Crippen LogP contribution in [0, 0.1) is 11.3 Å². The Hall–Kier alpha value is -1.82. The van der Waals surface area contributed by atoms with Gasteiger partial charge < -0.3 is 4.98 Å². The Bertz CT molecular complexity index is 519. The summed E-state index contributed by atoms with van der Waals surface area (Å²) in [4.78, 5) is 7.75. The van der Waals surface area contributed by atoms with Gasteiger partial charge in [-0.05, 0) is 24.6 Å². The predicted octanol–water partition coefficient (Wildman–Crippen LogP) is 2.95. The van der Waals surface area contributed by atoms with Crippen LogP contribution in [-0.4, -0.2) is 9.97 Å². The molecule has 1 aromatic heterocycles. The molecule has 2 rings (SSSR count). The molecule has 0 saturated carbocycles. The molecular formula is C12H13N3. The maximum atomic E-state index is 8.77. The predicted molar refractivity (Wildman–Crippen MR) is 59.5 cm³/mol. The zero-order valence-electron chi connectivity index (χ0n) is 8.91. The number of aromatic amines is 1. The fourth-order valence-electron chi connectivity index (χ4n) is 1.53. The van der Waals surface area contributed by atoms with E-state index >= 15 is 0 Å². The van der Waals surface area contributed by atoms with Gasteiger partial charge in [0.25, 0.3) is 0 Å². The second kappa shape index (κ2) is 3.74. The molecule has 1 heterocycles. The van der Waals surface area contributed by atoms with Crippen molar-refractivity contribution in [2.24, 2.45) is 0 Å². The first-order valence-corrected chi connectivity index (χ1v) is 5.14. The van der Waals surface area contributed by atoms with Crippen molar-refractivity contribution >= 4 is 11.0 Å². The molecule has 0 spiro atoms. The number of imidazole rings is 1. The Kier molecular flexibility index (Phi) is 2.42. The molecule has 1 atom stereocenters. The third kappa shape index (κ3) is 1.71. The maximum absolute atomic E-state index is 8.77. The van der Waals surface area contributed by atoms with Gasteiger partial charge in [0.2, 0.25) is 0 Å². The highest BCUT2D eigenvalue weighted by Crippen LogP contribution is 2.20. The second-order valence-electron chi connectivity index (χ2n) is 3.78. The van der Waals surface area contributed by atoms with E-state index in [2.05, 4.69) is 29.9 Å². The van der Waals surface area contributed by atoms with Crippen LogP contribution in [0.3, 0.4) is 0 Å². The van der Waals surface area contributed by atoms with Crippen molar-refractivity contribution in [3.05, 3.63) is 29.6 Å². The summed E-state index contributed by atoms with van der Waals surface area (Å²) in [7, 11) is 0. The Morgan fingerprint density at radius 3 is 3.00 bits per heavy atom. The molecule has 0 bridgehead atoms. The third-order valence-electron chi connectivity index (χ3n) is 2.71. The molecule has 0 aliphatic carbocycles. The molecule has 0 aliphatic rings. The molecule has 3 nitrogen and oxygen atoms in total. The summed E-state index contributed by atoms with van der Waals surface area (Å²) in [5.41, 5.74) is 2.55. The van der Waals surface area contributed by atoms with Crippen LogP contribution in [0.25, 0.3) is 11.0 Å². The van der Waals surface area contributed by atoms with Gasteiger partial charge in [-0.25, -0.2) is 4.98 Å². The first-order chi connectivity index (χ1) is 7.24. The monoisotopic (exact) mass is 199 g/mol. The van der Waals surface area contributed by atoms with Crippen LogP contribution in [0.1, 0.15) is 37.6 Å². The second-order valence-corrected chi connectivity index (χ2v) is 3.78. The molecule has 0 saturated heterocycles. The van der Waals surface area contributed by atoms with E-state index < -0.39 is 0 Å². The zero-order chi connectivity index (χ0) is 10.8. The van der Waals surface area contributed by atoms with Crippen LogP contribution in [0.4, 0.5) is 0 Å². The zero-order valence-corrected chi connectivity index (χ0v) is 8.91. The number of benzene rings is 1. The normalized spacial score (nSPS) is 12.6. The van der Waals surface area contributed by atoms with E-state index in [9.17, 15) is 0 Å². The van der Waals surface area contributed by atoms with Gasteiger partial charge in [0.05, 0.1) is 22.7 Å². The molecule has 0 unspecified atom stereocenters. The first kappa shape index (κ1) is 9.72. The van der Waals surface area contributed by atoms with Crippen molar-refractivity contribution in [3.63, 3.8) is 0 Å². The van der Waals surface area contributed by atoms with Crippen molar-refractivity contribution in [3.8, 4) is 6.07 Å². The van der Waals surface area contributed by atoms with E-state index in [-0.39, 0.29) is 0 Å². The van der Waals surface area contributed by atoms with Gasteiger partial charge in [0.15, 0.2) is 0 Å². The highest BCUT2D eigenvalue weighted by Gasteiger charge is 2.08. The number of hydrogen-bond donors (Lipinski definition) is 1. The summed E-state index contributed by atoms with van der Waals surface area (Å²) in [5, 5.41) is 8.77. The Labute approximate surface area is 88.8 Å². The van der Waals surface area contributed by atoms with Crippen LogP contribution in [-0.2, 0) is 0 Å². The molecular weight excluding hydrogens is 186 g/mol. The highest BCUT2D eigenvalue weighted by molar-refractivity contribution is 5.76. The number of nitrogens with one attached hydrogen (secondary N) is 1. The Morgan fingerprint density at radius 2 is 2.33 bits per heavy atom. The lowest BCUT2D eigenvalue weighted by molar-refractivity contribution is 0.692. The van der Waals surface area contributed by atoms with Crippen molar-refractivity contribution in [2.45, 2.75) is 26.2 Å². The summed E-state index contributed by atoms with van der Waals surface area (Å²) in [6, 6.07) is 7.65. The molecule has 0 fully saturated rings. The summed E-state index contributed by atoms with van der Waals surface area (Å²) >= 11 is 0. The Balaban J connectivity index is 2.52. The number of aromatic nitrogens is 2. The molecule has 1 N–H and O–H groups in total. The quantitative estimate of drug-likeness (QED) is 0.808. The SMILES string of the molecule is CC[C@H](C)c1nc2ccc(C#N)cc2[nH]1. The minimum atomic E-state index is 0.433. The van der Waals surface area contributed by atoms with Gasteiger partial charge in [-0.2, -0.15) is 5.26 Å². The van der Waals surface area contributed by atoms with Crippen LogP contribution in [0.5, 0.6) is 0 Å². The number of nitriles is 1. The van der Waals surface area contributed by atoms with E-state index in [1.165, 1.54) is 0 Å². The first-order valence-electron chi connectivity index (χ1n) is 5.14. The lowest BCUT2D eigenvalue weighted by atomic mass is 10.1. The smallest absolute Gasteiger partial charge is 0.110 e. The van der Waals surface area contributed by atoms with Gasteiger partial charge in [0.1, 0.15) is 5.82 Å². The summed E-state index contributed by atoms with van der Waals surface area (Å²) in [6.45, 7) is 4.28. The average molecular weight is 199 g/mol. The molecule has 0 amide bonds. The minimum absolute atomic E-state index is 0.433. The number of nitrogens with zero attached hydrogens (tertiary/aromatic N) is 2. The van der Waals surface area contributed by atoms with E-state index in [1.54, 1.807) is 6.07 Å². The third-order valence-corrected chi connectivity index (χ3v) is 2.71. The molecule has 0 aliphatic heterocycles. The molecule has 15 heavy (non-hydrogen) atoms. The van der Waals surface area contributed by atoms with Crippen molar-refractivity contribution in [1.29, 1.82) is 5.26 Å². The van der Waals surface area contributed by atoms with E-state index in [1.807, 2.05) is 12.1 Å². The van der Waals surface area contributed by atoms with E-state index in [0.29, 0.717) is 11.5 Å². The molecule has 2 aromatic rings. The number of hydrogen-bond acceptors (Lipinski definition) is 2. The fourth-order valence-corrected chi connectivity index (χ4v) is 1.53. The molecule has 3 heteroatoms. The van der Waals surface area contributed by atoms with Crippen LogP contribution < -0.4 is 0 Å². The molecule has 76 valence electrons. The average Bonchev–Trinajstić information content (AvgIpc) is 2.70. The standard InChI is InChI=1S/C12H13N3/c1-3-8(2)12-14-10-5-4-9(7-13)6-11(10)15-12/h4-6,8H,3H2,1-2H3,(H,14,15)/t8-/m0/s1. The minimum Gasteiger partial charge on any atom is -0.342 e. The van der Waals surface area contributed by atoms with Gasteiger partial charge in [-0.3, -0.25) is 0 Å². The topological polar surface area (TPSA) is 52.5 Å². The van der Waals surface area contributed by atoms with E-state index in [4.69, 9.17) is 5.26 Å². The van der Waals surface area contributed by atoms with Crippen LogP contribution in [0.2, 0.25) is 0 Å². The summed E-state index contributed by atoms with van der Waals surface area (Å²) in [6.07, 6.45) is 1.06. The van der Waals surface area contributed by atoms with Crippen molar-refractivity contribution in [1.82, 2.24) is 9.97 Å². The summed E-state index contributed by atoms with van der Waals surface area (Å²) in [5.74, 6) is 1.44. The molecule has 0 radical (unpaired) electrons. The fraction of sp³-hybridized carbons (Fsp3) is 0.333. The largest absolute Gasteiger partial charge is 0.342 e. The van der Waals surface area contributed by atoms with Gasteiger partial charge in [-0.1, -0.05) is 13.8 Å². The lowest BCUT2D eigenvalue weighted by Gasteiger charge is -2.01. The highest BCUT2D eigenvalue weighted by atomic mass is 14.9. The van der Waals surface area contributed by atoms with Crippen LogP contribution in [0.15, 0.2) is 18.2 Å². The maximum Gasteiger partial charge on any atom is 0.110 e.